The number of hydroxylamine groups is 1. The lowest BCUT2D eigenvalue weighted by molar-refractivity contribution is 0.0707. The highest BCUT2D eigenvalue weighted by atomic mass is 35.5. The van der Waals surface area contributed by atoms with E-state index in [1.165, 1.54) is 6.07 Å². The Morgan fingerprint density at radius 1 is 1.62 bits per heavy atom. The molecule has 0 saturated carbocycles. The summed E-state index contributed by atoms with van der Waals surface area (Å²) in [5, 5.41) is 12.5. The molecule has 7 nitrogen and oxygen atoms in total. The molecular weight excluding hydrogens is 296 g/mol. The molecule has 1 aliphatic heterocycles. The SMILES string of the molecule is CC1CNCCN1c1nc2cc(Cl)cc(C(=O)NO)c2o1. The second-order valence-corrected chi connectivity index (χ2v) is 5.42. The molecule has 1 fully saturated rings. The Balaban J connectivity index is 2.08. The summed E-state index contributed by atoms with van der Waals surface area (Å²) in [6.45, 7) is 4.51. The van der Waals surface area contributed by atoms with Crippen LogP contribution in [0.3, 0.4) is 0 Å². The van der Waals surface area contributed by atoms with Gasteiger partial charge in [0.2, 0.25) is 0 Å². The van der Waals surface area contributed by atoms with Crippen molar-refractivity contribution in [3.63, 3.8) is 0 Å². The average molecular weight is 311 g/mol. The topological polar surface area (TPSA) is 90.6 Å². The van der Waals surface area contributed by atoms with Gasteiger partial charge in [0.25, 0.3) is 11.9 Å². The quantitative estimate of drug-likeness (QED) is 0.574. The van der Waals surface area contributed by atoms with Gasteiger partial charge in [0.05, 0.1) is 5.56 Å². The number of nitrogens with zero attached hydrogens (tertiary/aromatic N) is 2. The van der Waals surface area contributed by atoms with Gasteiger partial charge >= 0.3 is 0 Å². The first-order chi connectivity index (χ1) is 10.1. The van der Waals surface area contributed by atoms with Crippen LogP contribution in [0.1, 0.15) is 17.3 Å². The van der Waals surface area contributed by atoms with Crippen LogP contribution in [-0.4, -0.2) is 41.8 Å². The molecule has 1 amide bonds. The van der Waals surface area contributed by atoms with E-state index in [4.69, 9.17) is 21.2 Å². The molecule has 2 aromatic rings. The summed E-state index contributed by atoms with van der Waals surface area (Å²) < 4.78 is 5.74. The summed E-state index contributed by atoms with van der Waals surface area (Å²) in [4.78, 5) is 18.1. The molecular formula is C13H15ClN4O3. The Kier molecular flexibility index (Phi) is 3.71. The van der Waals surface area contributed by atoms with E-state index < -0.39 is 5.91 Å². The average Bonchev–Trinajstić information content (AvgIpc) is 2.89. The zero-order valence-electron chi connectivity index (χ0n) is 11.4. The Labute approximate surface area is 125 Å². The summed E-state index contributed by atoms with van der Waals surface area (Å²) in [5.41, 5.74) is 2.54. The molecule has 0 aliphatic carbocycles. The van der Waals surface area contributed by atoms with Crippen LogP contribution in [0, 0.1) is 0 Å². The fourth-order valence-electron chi connectivity index (χ4n) is 2.46. The summed E-state index contributed by atoms with van der Waals surface area (Å²) in [6.07, 6.45) is 0. The third kappa shape index (κ3) is 2.55. The first-order valence-corrected chi connectivity index (χ1v) is 7.00. The Hall–Kier alpha value is -1.83. The number of amides is 1. The molecule has 112 valence electrons. The fourth-order valence-corrected chi connectivity index (χ4v) is 2.68. The van der Waals surface area contributed by atoms with Gasteiger partial charge in [-0.2, -0.15) is 4.98 Å². The predicted molar refractivity (Wildman–Crippen MR) is 77.9 cm³/mol. The second kappa shape index (κ2) is 5.51. The first-order valence-electron chi connectivity index (χ1n) is 6.62. The normalized spacial score (nSPS) is 19.0. The molecule has 0 spiro atoms. The van der Waals surface area contributed by atoms with Crippen LogP contribution >= 0.6 is 11.6 Å². The van der Waals surface area contributed by atoms with E-state index in [-0.39, 0.29) is 11.6 Å². The largest absolute Gasteiger partial charge is 0.423 e. The maximum absolute atomic E-state index is 11.7. The number of hydrogen-bond acceptors (Lipinski definition) is 6. The van der Waals surface area contributed by atoms with Crippen LogP contribution in [0.4, 0.5) is 6.01 Å². The van der Waals surface area contributed by atoms with Gasteiger partial charge in [-0.1, -0.05) is 11.6 Å². The zero-order chi connectivity index (χ0) is 15.0. The van der Waals surface area contributed by atoms with Crippen molar-refractivity contribution in [3.8, 4) is 0 Å². The summed E-state index contributed by atoms with van der Waals surface area (Å²) in [6, 6.07) is 3.75. The van der Waals surface area contributed by atoms with Crippen molar-refractivity contribution in [1.82, 2.24) is 15.8 Å². The van der Waals surface area contributed by atoms with Crippen LogP contribution in [-0.2, 0) is 0 Å². The lowest BCUT2D eigenvalue weighted by Gasteiger charge is -2.32. The van der Waals surface area contributed by atoms with Gasteiger partial charge in [-0.05, 0) is 19.1 Å². The smallest absolute Gasteiger partial charge is 0.298 e. The number of halogens is 1. The van der Waals surface area contributed by atoms with E-state index in [1.54, 1.807) is 11.5 Å². The number of carbonyl (C=O) groups is 1. The number of hydrogen-bond donors (Lipinski definition) is 3. The van der Waals surface area contributed by atoms with E-state index >= 15 is 0 Å². The number of aromatic nitrogens is 1. The van der Waals surface area contributed by atoms with Gasteiger partial charge in [0.15, 0.2) is 5.58 Å². The van der Waals surface area contributed by atoms with Crippen LogP contribution in [0.25, 0.3) is 11.1 Å². The Morgan fingerprint density at radius 2 is 2.43 bits per heavy atom. The summed E-state index contributed by atoms with van der Waals surface area (Å²) in [7, 11) is 0. The predicted octanol–water partition coefficient (Wildman–Crippen LogP) is 1.40. The van der Waals surface area contributed by atoms with Gasteiger partial charge in [-0.3, -0.25) is 10.0 Å². The highest BCUT2D eigenvalue weighted by Gasteiger charge is 2.24. The lowest BCUT2D eigenvalue weighted by Crippen LogP contribution is -2.50. The monoisotopic (exact) mass is 310 g/mol. The Morgan fingerprint density at radius 3 is 3.14 bits per heavy atom. The second-order valence-electron chi connectivity index (χ2n) is 4.99. The molecule has 1 aromatic carbocycles. The lowest BCUT2D eigenvalue weighted by atomic mass is 10.2. The minimum absolute atomic E-state index is 0.154. The molecule has 1 saturated heterocycles. The van der Waals surface area contributed by atoms with Crippen molar-refractivity contribution in [2.75, 3.05) is 24.5 Å². The number of rotatable bonds is 2. The number of benzene rings is 1. The highest BCUT2D eigenvalue weighted by molar-refractivity contribution is 6.32. The van der Waals surface area contributed by atoms with Crippen molar-refractivity contribution >= 4 is 34.6 Å². The fraction of sp³-hybridized carbons (Fsp3) is 0.385. The first kappa shape index (κ1) is 14.1. The Bertz CT molecular complexity index is 687. The minimum Gasteiger partial charge on any atom is -0.423 e. The maximum atomic E-state index is 11.7. The third-order valence-electron chi connectivity index (χ3n) is 3.54. The molecule has 2 heterocycles. The van der Waals surface area contributed by atoms with Crippen LogP contribution in [0.2, 0.25) is 5.02 Å². The van der Waals surface area contributed by atoms with E-state index in [0.29, 0.717) is 22.1 Å². The third-order valence-corrected chi connectivity index (χ3v) is 3.75. The van der Waals surface area contributed by atoms with Crippen LogP contribution in [0.15, 0.2) is 16.5 Å². The van der Waals surface area contributed by atoms with E-state index in [0.717, 1.165) is 19.6 Å². The number of nitrogens with one attached hydrogen (secondary N) is 2. The molecule has 8 heteroatoms. The van der Waals surface area contributed by atoms with Gasteiger partial charge in [-0.15, -0.1) is 0 Å². The van der Waals surface area contributed by atoms with Crippen LogP contribution in [0.5, 0.6) is 0 Å². The molecule has 1 unspecified atom stereocenters. The number of piperazine rings is 1. The molecule has 3 rings (SSSR count). The summed E-state index contributed by atoms with van der Waals surface area (Å²) in [5.74, 6) is -0.682. The van der Waals surface area contributed by atoms with Gasteiger partial charge in [-0.25, -0.2) is 5.48 Å². The van der Waals surface area contributed by atoms with Crippen molar-refractivity contribution in [1.29, 1.82) is 0 Å². The van der Waals surface area contributed by atoms with E-state index in [2.05, 4.69) is 17.2 Å². The van der Waals surface area contributed by atoms with Crippen molar-refractivity contribution in [2.45, 2.75) is 13.0 Å². The van der Waals surface area contributed by atoms with E-state index in [1.807, 2.05) is 4.90 Å². The number of anilines is 1. The molecule has 1 atom stereocenters. The molecule has 21 heavy (non-hydrogen) atoms. The van der Waals surface area contributed by atoms with Gasteiger partial charge in [0.1, 0.15) is 5.52 Å². The van der Waals surface area contributed by atoms with Gasteiger partial charge in [0, 0.05) is 30.7 Å². The standard InChI is InChI=1S/C13H15ClN4O3/c1-7-6-15-2-3-18(7)13-16-10-5-8(14)4-9(11(10)21-13)12(19)17-20/h4-5,7,15,20H,2-3,6H2,1H3,(H,17,19). The van der Waals surface area contributed by atoms with Crippen molar-refractivity contribution < 1.29 is 14.4 Å². The molecule has 0 bridgehead atoms. The molecule has 0 radical (unpaired) electrons. The highest BCUT2D eigenvalue weighted by Crippen LogP contribution is 2.29. The summed E-state index contributed by atoms with van der Waals surface area (Å²) >= 11 is 5.98. The van der Waals surface area contributed by atoms with Crippen LogP contribution < -0.4 is 15.7 Å². The number of oxazole rings is 1. The number of fused-ring (bicyclic) bond motifs is 1. The molecule has 3 N–H and O–H groups in total. The molecule has 1 aliphatic rings. The van der Waals surface area contributed by atoms with Gasteiger partial charge < -0.3 is 14.6 Å². The van der Waals surface area contributed by atoms with Crippen molar-refractivity contribution in [3.05, 3.63) is 22.7 Å². The van der Waals surface area contributed by atoms with E-state index in [9.17, 15) is 4.79 Å². The van der Waals surface area contributed by atoms with Crippen molar-refractivity contribution in [2.24, 2.45) is 0 Å². The molecule has 1 aromatic heterocycles. The maximum Gasteiger partial charge on any atom is 0.298 e. The zero-order valence-corrected chi connectivity index (χ0v) is 12.1. The minimum atomic E-state index is -0.682. The number of carbonyl (C=O) groups excluding carboxylic acids is 1.